The largest absolute Gasteiger partial charge is 0.460 e. The number of nitrogens with zero attached hydrogens (tertiary/aromatic N) is 1. The minimum Gasteiger partial charge on any atom is -0.460 e. The van der Waals surface area contributed by atoms with E-state index in [0.29, 0.717) is 19.6 Å². The van der Waals surface area contributed by atoms with Crippen molar-refractivity contribution in [1.82, 2.24) is 4.90 Å². The van der Waals surface area contributed by atoms with Crippen LogP contribution in [0.25, 0.3) is 0 Å². The smallest absolute Gasteiger partial charge is 0.320 e. The number of rotatable bonds is 7. The van der Waals surface area contributed by atoms with Crippen LogP contribution in [-0.2, 0) is 16.1 Å². The van der Waals surface area contributed by atoms with Gasteiger partial charge in [-0.25, -0.2) is 0 Å². The second kappa shape index (κ2) is 7.84. The Morgan fingerprint density at radius 2 is 2.06 bits per heavy atom. The Labute approximate surface area is 108 Å². The third-order valence-electron chi connectivity index (χ3n) is 2.57. The van der Waals surface area contributed by atoms with Gasteiger partial charge in [-0.1, -0.05) is 30.3 Å². The van der Waals surface area contributed by atoms with Crippen molar-refractivity contribution < 1.29 is 14.6 Å². The van der Waals surface area contributed by atoms with Crippen LogP contribution in [0, 0.1) is 0 Å². The van der Waals surface area contributed by atoms with Crippen LogP contribution in [0.15, 0.2) is 30.3 Å². The molecule has 4 heteroatoms. The third-order valence-corrected chi connectivity index (χ3v) is 2.57. The summed E-state index contributed by atoms with van der Waals surface area (Å²) in [5, 5.41) is 9.14. The maximum atomic E-state index is 11.5. The highest BCUT2D eigenvalue weighted by Gasteiger charge is 2.08. The molecule has 0 saturated heterocycles. The number of hydrogen-bond acceptors (Lipinski definition) is 4. The quantitative estimate of drug-likeness (QED) is 0.745. The molecule has 1 rings (SSSR count). The van der Waals surface area contributed by atoms with E-state index in [-0.39, 0.29) is 18.6 Å². The Kier molecular flexibility index (Phi) is 6.39. The highest BCUT2D eigenvalue weighted by molar-refractivity contribution is 5.71. The molecule has 0 spiro atoms. The maximum Gasteiger partial charge on any atom is 0.320 e. The van der Waals surface area contributed by atoms with Crippen molar-refractivity contribution in [2.45, 2.75) is 26.1 Å². The van der Waals surface area contributed by atoms with E-state index >= 15 is 0 Å². The first-order valence-electron chi connectivity index (χ1n) is 6.14. The number of aliphatic hydroxyl groups is 1. The Morgan fingerprint density at radius 3 is 2.67 bits per heavy atom. The van der Waals surface area contributed by atoms with Gasteiger partial charge in [-0.05, 0) is 26.0 Å². The molecule has 1 atom stereocenters. The molecule has 1 N–H and O–H groups in total. The summed E-state index contributed by atoms with van der Waals surface area (Å²) in [5.74, 6) is -0.244. The van der Waals surface area contributed by atoms with E-state index in [1.54, 1.807) is 6.92 Å². The third kappa shape index (κ3) is 6.37. The van der Waals surface area contributed by atoms with E-state index in [4.69, 9.17) is 9.84 Å². The van der Waals surface area contributed by atoms with Crippen molar-refractivity contribution in [2.75, 3.05) is 20.1 Å². The van der Waals surface area contributed by atoms with E-state index in [9.17, 15) is 4.79 Å². The molecule has 0 bridgehead atoms. The number of aliphatic hydroxyl groups excluding tert-OH is 1. The zero-order chi connectivity index (χ0) is 13.4. The van der Waals surface area contributed by atoms with Gasteiger partial charge in [0.1, 0.15) is 6.61 Å². The molecule has 0 heterocycles. The summed E-state index contributed by atoms with van der Waals surface area (Å²) >= 11 is 0. The number of carbonyl (C=O) groups excluding carboxylic acids is 1. The standard InChI is InChI=1S/C14H21NO3/c1-12(16)8-9-15(2)10-14(17)18-11-13-6-4-3-5-7-13/h3-7,12,16H,8-11H2,1-2H3. The lowest BCUT2D eigenvalue weighted by molar-refractivity contribution is -0.146. The molecule has 0 fully saturated rings. The lowest BCUT2D eigenvalue weighted by Gasteiger charge is -2.16. The summed E-state index contributed by atoms with van der Waals surface area (Å²) in [6, 6.07) is 9.60. The average Bonchev–Trinajstić information content (AvgIpc) is 2.35. The fraction of sp³-hybridized carbons (Fsp3) is 0.500. The second-order valence-corrected chi connectivity index (χ2v) is 4.52. The highest BCUT2D eigenvalue weighted by Crippen LogP contribution is 2.01. The number of ether oxygens (including phenoxy) is 1. The average molecular weight is 251 g/mol. The van der Waals surface area contributed by atoms with Crippen LogP contribution in [-0.4, -0.2) is 42.2 Å². The van der Waals surface area contributed by atoms with E-state index in [2.05, 4.69) is 0 Å². The molecule has 0 aromatic heterocycles. The predicted octanol–water partition coefficient (Wildman–Crippen LogP) is 1.43. The van der Waals surface area contributed by atoms with Gasteiger partial charge in [0.25, 0.3) is 0 Å². The molecule has 0 saturated carbocycles. The van der Waals surface area contributed by atoms with Crippen LogP contribution < -0.4 is 0 Å². The topological polar surface area (TPSA) is 49.8 Å². The predicted molar refractivity (Wildman–Crippen MR) is 70.0 cm³/mol. The molecular formula is C14H21NO3. The van der Waals surface area contributed by atoms with Crippen LogP contribution in [0.3, 0.4) is 0 Å². The van der Waals surface area contributed by atoms with Gasteiger partial charge in [0.15, 0.2) is 0 Å². The van der Waals surface area contributed by atoms with Gasteiger partial charge >= 0.3 is 5.97 Å². The lowest BCUT2D eigenvalue weighted by atomic mass is 10.2. The van der Waals surface area contributed by atoms with Gasteiger partial charge in [0.05, 0.1) is 12.6 Å². The Bertz CT molecular complexity index is 351. The Hall–Kier alpha value is -1.39. The van der Waals surface area contributed by atoms with Crippen molar-refractivity contribution >= 4 is 5.97 Å². The number of carbonyl (C=O) groups is 1. The summed E-state index contributed by atoms with van der Waals surface area (Å²) in [6.45, 7) is 2.98. The Balaban J connectivity index is 2.21. The second-order valence-electron chi connectivity index (χ2n) is 4.52. The zero-order valence-electron chi connectivity index (χ0n) is 11.0. The fourth-order valence-electron chi connectivity index (χ4n) is 1.49. The molecule has 1 aromatic rings. The van der Waals surface area contributed by atoms with Crippen LogP contribution >= 0.6 is 0 Å². The Morgan fingerprint density at radius 1 is 1.39 bits per heavy atom. The van der Waals surface area contributed by atoms with Crippen molar-refractivity contribution in [3.8, 4) is 0 Å². The van der Waals surface area contributed by atoms with Crippen LogP contribution in [0.4, 0.5) is 0 Å². The van der Waals surface area contributed by atoms with Crippen molar-refractivity contribution in [1.29, 1.82) is 0 Å². The molecule has 0 aliphatic heterocycles. The molecule has 0 aliphatic rings. The number of benzene rings is 1. The number of hydrogen-bond donors (Lipinski definition) is 1. The minimum atomic E-state index is -0.340. The molecule has 100 valence electrons. The van der Waals surface area contributed by atoms with E-state index in [1.165, 1.54) is 0 Å². The van der Waals surface area contributed by atoms with Crippen molar-refractivity contribution in [3.63, 3.8) is 0 Å². The van der Waals surface area contributed by atoms with Crippen LogP contribution in [0.1, 0.15) is 18.9 Å². The zero-order valence-corrected chi connectivity index (χ0v) is 11.0. The van der Waals surface area contributed by atoms with Crippen LogP contribution in [0.2, 0.25) is 0 Å². The summed E-state index contributed by atoms with van der Waals surface area (Å²) in [5.41, 5.74) is 0.984. The minimum absolute atomic E-state index is 0.244. The van der Waals surface area contributed by atoms with Gasteiger partial charge in [0, 0.05) is 6.54 Å². The van der Waals surface area contributed by atoms with Crippen LogP contribution in [0.5, 0.6) is 0 Å². The van der Waals surface area contributed by atoms with Gasteiger partial charge in [-0.2, -0.15) is 0 Å². The van der Waals surface area contributed by atoms with Gasteiger partial charge < -0.3 is 9.84 Å². The van der Waals surface area contributed by atoms with Crippen molar-refractivity contribution in [2.24, 2.45) is 0 Å². The molecule has 0 aliphatic carbocycles. The molecule has 18 heavy (non-hydrogen) atoms. The summed E-state index contributed by atoms with van der Waals surface area (Å²) in [7, 11) is 1.84. The first kappa shape index (κ1) is 14.7. The van der Waals surface area contributed by atoms with Crippen molar-refractivity contribution in [3.05, 3.63) is 35.9 Å². The molecule has 0 amide bonds. The molecular weight excluding hydrogens is 230 g/mol. The normalized spacial score (nSPS) is 12.4. The molecule has 1 aromatic carbocycles. The molecule has 4 nitrogen and oxygen atoms in total. The molecule has 0 radical (unpaired) electrons. The van der Waals surface area contributed by atoms with E-state index in [1.807, 2.05) is 42.3 Å². The van der Waals surface area contributed by atoms with E-state index in [0.717, 1.165) is 5.56 Å². The summed E-state index contributed by atoms with van der Waals surface area (Å²) in [6.07, 6.45) is 0.315. The maximum absolute atomic E-state index is 11.5. The summed E-state index contributed by atoms with van der Waals surface area (Å²) in [4.78, 5) is 13.4. The first-order chi connectivity index (χ1) is 8.58. The van der Waals surface area contributed by atoms with Gasteiger partial charge in [0.2, 0.25) is 0 Å². The fourth-order valence-corrected chi connectivity index (χ4v) is 1.49. The monoisotopic (exact) mass is 251 g/mol. The van der Waals surface area contributed by atoms with E-state index < -0.39 is 0 Å². The number of esters is 1. The lowest BCUT2D eigenvalue weighted by Crippen LogP contribution is -2.29. The van der Waals surface area contributed by atoms with Gasteiger partial charge in [-0.3, -0.25) is 9.69 Å². The number of likely N-dealkylation sites (N-methyl/N-ethyl adjacent to an activating group) is 1. The highest BCUT2D eigenvalue weighted by atomic mass is 16.5. The summed E-state index contributed by atoms with van der Waals surface area (Å²) < 4.78 is 5.16. The van der Waals surface area contributed by atoms with Gasteiger partial charge in [-0.15, -0.1) is 0 Å². The SMILES string of the molecule is CC(O)CCN(C)CC(=O)OCc1ccccc1. The molecule has 1 unspecified atom stereocenters. The first-order valence-corrected chi connectivity index (χ1v) is 6.14.